The first-order valence-corrected chi connectivity index (χ1v) is 9.30. The second-order valence-corrected chi connectivity index (χ2v) is 7.52. The number of nitrogens with zero attached hydrogens (tertiary/aromatic N) is 4. The maximum absolute atomic E-state index is 4.43. The van der Waals surface area contributed by atoms with Crippen LogP contribution in [0.4, 0.5) is 5.82 Å². The molecule has 0 bridgehead atoms. The molecule has 2 heterocycles. The fraction of sp³-hybridized carbons (Fsp3) is 0.294. The first-order valence-electron chi connectivity index (χ1n) is 7.69. The first-order chi connectivity index (χ1) is 11.3. The molecule has 0 radical (unpaired) electrons. The van der Waals surface area contributed by atoms with Gasteiger partial charge in [0.05, 0.1) is 11.9 Å². The molecule has 0 spiro atoms. The van der Waals surface area contributed by atoms with Gasteiger partial charge in [-0.2, -0.15) is 5.11 Å². The average Bonchev–Trinajstić information content (AvgIpc) is 2.96. The molecular weight excluding hydrogens is 372 g/mol. The fourth-order valence-electron chi connectivity index (χ4n) is 2.95. The van der Waals surface area contributed by atoms with Crippen molar-refractivity contribution in [3.8, 4) is 0 Å². The Hall–Kier alpha value is -1.66. The summed E-state index contributed by atoms with van der Waals surface area (Å²) >= 11 is 5.33. The van der Waals surface area contributed by atoms with E-state index in [1.807, 2.05) is 24.3 Å². The highest BCUT2D eigenvalue weighted by Crippen LogP contribution is 2.39. The third-order valence-corrected chi connectivity index (χ3v) is 6.07. The maximum Gasteiger partial charge on any atom is 0.186 e. The van der Waals surface area contributed by atoms with Gasteiger partial charge in [-0.1, -0.05) is 34.1 Å². The van der Waals surface area contributed by atoms with Crippen molar-refractivity contribution >= 4 is 43.3 Å². The zero-order valence-electron chi connectivity index (χ0n) is 12.5. The van der Waals surface area contributed by atoms with Crippen LogP contribution in [-0.4, -0.2) is 9.97 Å². The van der Waals surface area contributed by atoms with Crippen LogP contribution in [0.25, 0.3) is 10.2 Å². The van der Waals surface area contributed by atoms with Crippen LogP contribution >= 0.6 is 27.3 Å². The monoisotopic (exact) mass is 386 g/mol. The topological polar surface area (TPSA) is 50.5 Å². The van der Waals surface area contributed by atoms with Gasteiger partial charge in [0, 0.05) is 9.35 Å². The molecule has 0 N–H and O–H groups in total. The van der Waals surface area contributed by atoms with E-state index in [9.17, 15) is 0 Å². The molecule has 0 fully saturated rings. The van der Waals surface area contributed by atoms with E-state index >= 15 is 0 Å². The summed E-state index contributed by atoms with van der Waals surface area (Å²) < 4.78 is 1.06. The van der Waals surface area contributed by atoms with Gasteiger partial charge in [0.25, 0.3) is 0 Å². The van der Waals surface area contributed by atoms with Crippen LogP contribution in [0.2, 0.25) is 0 Å². The molecule has 6 heteroatoms. The average molecular weight is 387 g/mol. The standard InChI is InChI=1S/C17H15BrN4S/c18-13-7-3-1-5-11(13)9-21-22-16-15-12-6-2-4-8-14(12)23-17(15)20-10-19-16/h1,3,5,7,10H,2,4,6,8-9H2. The van der Waals surface area contributed by atoms with Crippen molar-refractivity contribution in [2.24, 2.45) is 10.2 Å². The zero-order valence-corrected chi connectivity index (χ0v) is 14.9. The van der Waals surface area contributed by atoms with Gasteiger partial charge in [0.15, 0.2) is 5.82 Å². The Morgan fingerprint density at radius 3 is 2.91 bits per heavy atom. The molecule has 0 saturated carbocycles. The number of fused-ring (bicyclic) bond motifs is 3. The van der Waals surface area contributed by atoms with Gasteiger partial charge >= 0.3 is 0 Å². The highest BCUT2D eigenvalue weighted by molar-refractivity contribution is 9.10. The molecule has 1 aromatic carbocycles. The molecule has 4 nitrogen and oxygen atoms in total. The van der Waals surface area contributed by atoms with E-state index in [-0.39, 0.29) is 0 Å². The van der Waals surface area contributed by atoms with E-state index in [4.69, 9.17) is 0 Å². The minimum atomic E-state index is 0.541. The van der Waals surface area contributed by atoms with E-state index in [2.05, 4.69) is 36.1 Å². The van der Waals surface area contributed by atoms with Gasteiger partial charge in [-0.05, 0) is 42.9 Å². The Balaban J connectivity index is 1.68. The number of benzene rings is 1. The van der Waals surface area contributed by atoms with Crippen molar-refractivity contribution in [3.63, 3.8) is 0 Å². The van der Waals surface area contributed by atoms with Crippen molar-refractivity contribution in [1.29, 1.82) is 0 Å². The molecule has 0 atom stereocenters. The lowest BCUT2D eigenvalue weighted by molar-refractivity contribution is 0.700. The first kappa shape index (κ1) is 14.9. The highest BCUT2D eigenvalue weighted by Gasteiger charge is 2.19. The number of azo groups is 1. The number of thiophene rings is 1. The second kappa shape index (κ2) is 6.45. The van der Waals surface area contributed by atoms with E-state index in [0.29, 0.717) is 12.4 Å². The van der Waals surface area contributed by atoms with Crippen molar-refractivity contribution < 1.29 is 0 Å². The van der Waals surface area contributed by atoms with Crippen LogP contribution in [0.3, 0.4) is 0 Å². The van der Waals surface area contributed by atoms with Gasteiger partial charge in [0.1, 0.15) is 11.2 Å². The van der Waals surface area contributed by atoms with Crippen LogP contribution in [0.1, 0.15) is 28.8 Å². The maximum atomic E-state index is 4.43. The predicted molar refractivity (Wildman–Crippen MR) is 96.4 cm³/mol. The lowest BCUT2D eigenvalue weighted by Crippen LogP contribution is -1.98. The van der Waals surface area contributed by atoms with Gasteiger partial charge in [-0.15, -0.1) is 16.5 Å². The number of aryl methyl sites for hydroxylation is 2. The van der Waals surface area contributed by atoms with Crippen molar-refractivity contribution in [2.45, 2.75) is 32.2 Å². The van der Waals surface area contributed by atoms with Crippen LogP contribution < -0.4 is 0 Å². The minimum absolute atomic E-state index is 0.541. The number of rotatable bonds is 3. The summed E-state index contributed by atoms with van der Waals surface area (Å²) in [6.45, 7) is 0.541. The van der Waals surface area contributed by atoms with E-state index in [0.717, 1.165) is 33.1 Å². The number of aromatic nitrogens is 2. The summed E-state index contributed by atoms with van der Waals surface area (Å²) in [6.07, 6.45) is 6.36. The summed E-state index contributed by atoms with van der Waals surface area (Å²) in [5.41, 5.74) is 2.51. The third-order valence-electron chi connectivity index (χ3n) is 4.10. The van der Waals surface area contributed by atoms with Gasteiger partial charge in [-0.25, -0.2) is 9.97 Å². The Kier molecular flexibility index (Phi) is 4.18. The fourth-order valence-corrected chi connectivity index (χ4v) is 4.59. The summed E-state index contributed by atoms with van der Waals surface area (Å²) in [6, 6.07) is 8.07. The predicted octanol–water partition coefficient (Wildman–Crippen LogP) is 5.62. The minimum Gasteiger partial charge on any atom is -0.225 e. The summed E-state index contributed by atoms with van der Waals surface area (Å²) in [5, 5.41) is 9.89. The number of hydrogen-bond donors (Lipinski definition) is 0. The normalized spacial score (nSPS) is 14.5. The molecule has 0 unspecified atom stereocenters. The summed E-state index contributed by atoms with van der Waals surface area (Å²) in [5.74, 6) is 0.710. The van der Waals surface area contributed by atoms with Crippen molar-refractivity contribution in [2.75, 3.05) is 0 Å². The molecule has 23 heavy (non-hydrogen) atoms. The lowest BCUT2D eigenvalue weighted by atomic mass is 9.97. The zero-order chi connectivity index (χ0) is 15.6. The molecule has 1 aliphatic carbocycles. The molecule has 1 aliphatic rings. The van der Waals surface area contributed by atoms with Crippen molar-refractivity contribution in [3.05, 3.63) is 51.1 Å². The molecule has 4 rings (SSSR count). The quantitative estimate of drug-likeness (QED) is 0.548. The largest absolute Gasteiger partial charge is 0.225 e. The third kappa shape index (κ3) is 2.93. The lowest BCUT2D eigenvalue weighted by Gasteiger charge is -2.10. The molecular formula is C17H15BrN4S. The molecule has 0 amide bonds. The Morgan fingerprint density at radius 2 is 2.00 bits per heavy atom. The van der Waals surface area contributed by atoms with Crippen LogP contribution in [0.5, 0.6) is 0 Å². The van der Waals surface area contributed by atoms with Crippen LogP contribution in [-0.2, 0) is 19.4 Å². The molecule has 2 aromatic heterocycles. The van der Waals surface area contributed by atoms with Gasteiger partial charge < -0.3 is 0 Å². The summed E-state index contributed by atoms with van der Waals surface area (Å²) in [7, 11) is 0. The Labute approximate surface area is 146 Å². The molecule has 116 valence electrons. The van der Waals surface area contributed by atoms with Gasteiger partial charge in [0.2, 0.25) is 0 Å². The number of halogens is 1. The Bertz CT molecular complexity index is 887. The smallest absolute Gasteiger partial charge is 0.186 e. The highest BCUT2D eigenvalue weighted by atomic mass is 79.9. The SMILES string of the molecule is Brc1ccccc1CN=Nc1ncnc2sc3c(c12)CCCC3. The van der Waals surface area contributed by atoms with Crippen LogP contribution in [0, 0.1) is 0 Å². The molecule has 0 saturated heterocycles. The Morgan fingerprint density at radius 1 is 1.13 bits per heavy atom. The molecule has 0 aliphatic heterocycles. The second-order valence-electron chi connectivity index (χ2n) is 5.58. The molecule has 3 aromatic rings. The van der Waals surface area contributed by atoms with Crippen molar-refractivity contribution in [1.82, 2.24) is 9.97 Å². The van der Waals surface area contributed by atoms with E-state index in [1.165, 1.54) is 23.3 Å². The van der Waals surface area contributed by atoms with E-state index < -0.39 is 0 Å². The number of hydrogen-bond acceptors (Lipinski definition) is 5. The summed E-state index contributed by atoms with van der Waals surface area (Å²) in [4.78, 5) is 11.3. The van der Waals surface area contributed by atoms with E-state index in [1.54, 1.807) is 17.7 Å². The van der Waals surface area contributed by atoms with Crippen LogP contribution in [0.15, 0.2) is 45.3 Å². The van der Waals surface area contributed by atoms with Gasteiger partial charge in [-0.3, -0.25) is 0 Å².